The maximum Gasteiger partial charge on any atom is 0.151 e. The lowest BCUT2D eigenvalue weighted by atomic mass is 10.1. The molecule has 1 aliphatic rings. The summed E-state index contributed by atoms with van der Waals surface area (Å²) >= 11 is 0. The van der Waals surface area contributed by atoms with E-state index < -0.39 is 0 Å². The molecule has 27 heavy (non-hydrogen) atoms. The van der Waals surface area contributed by atoms with E-state index in [4.69, 9.17) is 4.42 Å². The molecule has 3 aromatic rings. The predicted octanol–water partition coefficient (Wildman–Crippen LogP) is 3.87. The van der Waals surface area contributed by atoms with Crippen LogP contribution < -0.4 is 10.2 Å². The second-order valence-corrected chi connectivity index (χ2v) is 8.37. The molecule has 1 aromatic carbocycles. The van der Waals surface area contributed by atoms with Gasteiger partial charge in [-0.1, -0.05) is 0 Å². The molecule has 0 spiro atoms. The van der Waals surface area contributed by atoms with E-state index in [0.717, 1.165) is 42.1 Å². The molecule has 0 aliphatic carbocycles. The zero-order chi connectivity index (χ0) is 19.2. The van der Waals surface area contributed by atoms with Gasteiger partial charge in [-0.25, -0.2) is 0 Å². The Bertz CT molecular complexity index is 957. The number of aromatic nitrogens is 2. The second kappa shape index (κ2) is 6.53. The number of nitrogens with zero attached hydrogens (tertiary/aromatic N) is 3. The highest BCUT2D eigenvalue weighted by atomic mass is 16.3. The van der Waals surface area contributed by atoms with Crippen LogP contribution in [0.3, 0.4) is 0 Å². The zero-order valence-corrected chi connectivity index (χ0v) is 16.3. The van der Waals surface area contributed by atoms with E-state index in [1.165, 1.54) is 0 Å². The molecule has 0 amide bonds. The number of nitrogens with one attached hydrogen (secondary N) is 1. The summed E-state index contributed by atoms with van der Waals surface area (Å²) in [5.74, 6) is 1.86. The van der Waals surface area contributed by atoms with Crippen LogP contribution in [0.4, 0.5) is 5.82 Å². The minimum atomic E-state index is 0.108. The SMILES string of the molecule is Cc1cc2cc(O)c(-c3ccc(N4CCC(NC(C)(C)C)C4)nn3)cc2o1. The quantitative estimate of drug-likeness (QED) is 0.733. The van der Waals surface area contributed by atoms with Crippen LogP contribution in [0.2, 0.25) is 0 Å². The first-order valence-electron chi connectivity index (χ1n) is 9.38. The van der Waals surface area contributed by atoms with Crippen LogP contribution in [0, 0.1) is 6.92 Å². The monoisotopic (exact) mass is 366 g/mol. The predicted molar refractivity (Wildman–Crippen MR) is 107 cm³/mol. The van der Waals surface area contributed by atoms with Gasteiger partial charge in [0.05, 0.1) is 5.69 Å². The Balaban J connectivity index is 1.54. The van der Waals surface area contributed by atoms with Crippen molar-refractivity contribution in [3.05, 3.63) is 36.1 Å². The van der Waals surface area contributed by atoms with Gasteiger partial charge >= 0.3 is 0 Å². The van der Waals surface area contributed by atoms with Gasteiger partial charge in [-0.05, 0) is 64.4 Å². The molecule has 1 atom stereocenters. The summed E-state index contributed by atoms with van der Waals surface area (Å²) in [7, 11) is 0. The van der Waals surface area contributed by atoms with Crippen LogP contribution in [0.1, 0.15) is 33.0 Å². The van der Waals surface area contributed by atoms with Gasteiger partial charge in [0.25, 0.3) is 0 Å². The van der Waals surface area contributed by atoms with Gasteiger partial charge in [-0.3, -0.25) is 0 Å². The van der Waals surface area contributed by atoms with Crippen molar-refractivity contribution >= 4 is 16.8 Å². The van der Waals surface area contributed by atoms with E-state index in [1.807, 2.05) is 31.2 Å². The normalized spacial score (nSPS) is 17.8. The summed E-state index contributed by atoms with van der Waals surface area (Å²) in [5.41, 5.74) is 2.11. The molecule has 3 heterocycles. The molecule has 0 saturated carbocycles. The van der Waals surface area contributed by atoms with Crippen molar-refractivity contribution < 1.29 is 9.52 Å². The molecule has 1 aliphatic heterocycles. The van der Waals surface area contributed by atoms with Crippen LogP contribution in [0.15, 0.2) is 34.7 Å². The number of phenolic OH excluding ortho intramolecular Hbond substituents is 1. The summed E-state index contributed by atoms with van der Waals surface area (Å²) in [6.45, 7) is 10.3. The molecule has 2 N–H and O–H groups in total. The van der Waals surface area contributed by atoms with Crippen LogP contribution >= 0.6 is 0 Å². The molecule has 0 radical (unpaired) electrons. The van der Waals surface area contributed by atoms with E-state index >= 15 is 0 Å². The Labute approximate surface area is 159 Å². The zero-order valence-electron chi connectivity index (χ0n) is 16.3. The highest BCUT2D eigenvalue weighted by molar-refractivity contribution is 5.86. The summed E-state index contributed by atoms with van der Waals surface area (Å²) in [4.78, 5) is 2.25. The van der Waals surface area contributed by atoms with Crippen LogP contribution in [-0.2, 0) is 0 Å². The standard InChI is InChI=1S/C21H26N4O2/c1-13-9-14-10-18(26)16(11-19(14)27-13)17-5-6-20(24-23-17)25-8-7-15(12-25)22-21(2,3)4/h5-6,9-11,15,22,26H,7-8,12H2,1-4H3. The molecular weight excluding hydrogens is 340 g/mol. The van der Waals surface area contributed by atoms with E-state index in [-0.39, 0.29) is 11.3 Å². The Morgan fingerprint density at radius 3 is 2.70 bits per heavy atom. The first-order chi connectivity index (χ1) is 12.8. The van der Waals surface area contributed by atoms with Gasteiger partial charge in [0.1, 0.15) is 17.1 Å². The fraction of sp³-hybridized carbons (Fsp3) is 0.429. The Kier molecular flexibility index (Phi) is 4.30. The van der Waals surface area contributed by atoms with Gasteiger partial charge in [0.2, 0.25) is 0 Å². The van der Waals surface area contributed by atoms with Gasteiger partial charge in [-0.15, -0.1) is 10.2 Å². The highest BCUT2D eigenvalue weighted by Gasteiger charge is 2.26. The first-order valence-corrected chi connectivity index (χ1v) is 9.38. The van der Waals surface area contributed by atoms with Crippen molar-refractivity contribution in [2.24, 2.45) is 0 Å². The van der Waals surface area contributed by atoms with E-state index in [0.29, 0.717) is 17.3 Å². The minimum absolute atomic E-state index is 0.108. The number of aryl methyl sites for hydroxylation is 1. The fourth-order valence-electron chi connectivity index (χ4n) is 3.75. The van der Waals surface area contributed by atoms with Gasteiger partial charge < -0.3 is 19.7 Å². The summed E-state index contributed by atoms with van der Waals surface area (Å²) < 4.78 is 5.67. The highest BCUT2D eigenvalue weighted by Crippen LogP contribution is 2.34. The van der Waals surface area contributed by atoms with Crippen molar-refractivity contribution in [3.63, 3.8) is 0 Å². The van der Waals surface area contributed by atoms with Crippen molar-refractivity contribution in [1.82, 2.24) is 15.5 Å². The van der Waals surface area contributed by atoms with Crippen LogP contribution in [0.25, 0.3) is 22.2 Å². The van der Waals surface area contributed by atoms with Gasteiger partial charge in [0.15, 0.2) is 5.82 Å². The lowest BCUT2D eigenvalue weighted by molar-refractivity contribution is 0.373. The third-order valence-electron chi connectivity index (χ3n) is 4.83. The summed E-state index contributed by atoms with van der Waals surface area (Å²) in [6.07, 6.45) is 1.09. The largest absolute Gasteiger partial charge is 0.507 e. The first kappa shape index (κ1) is 17.8. The van der Waals surface area contributed by atoms with Crippen molar-refractivity contribution in [1.29, 1.82) is 0 Å². The molecule has 6 heteroatoms. The average Bonchev–Trinajstić information content (AvgIpc) is 3.18. The van der Waals surface area contributed by atoms with Crippen LogP contribution in [0.5, 0.6) is 5.75 Å². The van der Waals surface area contributed by atoms with Crippen LogP contribution in [-0.4, -0.2) is 40.0 Å². The van der Waals surface area contributed by atoms with Gasteiger partial charge in [-0.2, -0.15) is 0 Å². The fourth-order valence-corrected chi connectivity index (χ4v) is 3.75. The topological polar surface area (TPSA) is 74.4 Å². The van der Waals surface area contributed by atoms with Gasteiger partial charge in [0, 0.05) is 35.6 Å². The molecule has 1 saturated heterocycles. The molecule has 1 fully saturated rings. The number of furan rings is 1. The number of fused-ring (bicyclic) bond motifs is 1. The maximum absolute atomic E-state index is 10.4. The Hall–Kier alpha value is -2.60. The molecule has 1 unspecified atom stereocenters. The van der Waals surface area contributed by atoms with Crippen molar-refractivity contribution in [2.45, 2.75) is 45.7 Å². The number of phenols is 1. The molecule has 2 aromatic heterocycles. The number of anilines is 1. The Morgan fingerprint density at radius 1 is 1.19 bits per heavy atom. The minimum Gasteiger partial charge on any atom is -0.507 e. The second-order valence-electron chi connectivity index (χ2n) is 8.37. The summed E-state index contributed by atoms with van der Waals surface area (Å²) in [5, 5.41) is 23.7. The maximum atomic E-state index is 10.4. The molecular formula is C21H26N4O2. The molecule has 4 rings (SSSR count). The number of benzene rings is 1. The third kappa shape index (κ3) is 3.76. The third-order valence-corrected chi connectivity index (χ3v) is 4.83. The number of aromatic hydroxyl groups is 1. The van der Waals surface area contributed by atoms with Crippen molar-refractivity contribution in [3.8, 4) is 17.0 Å². The number of rotatable bonds is 3. The molecule has 0 bridgehead atoms. The summed E-state index contributed by atoms with van der Waals surface area (Å²) in [6, 6.07) is 9.77. The smallest absolute Gasteiger partial charge is 0.151 e. The molecule has 6 nitrogen and oxygen atoms in total. The Morgan fingerprint density at radius 2 is 2.00 bits per heavy atom. The van der Waals surface area contributed by atoms with E-state index in [2.05, 4.69) is 41.2 Å². The van der Waals surface area contributed by atoms with E-state index in [9.17, 15) is 5.11 Å². The van der Waals surface area contributed by atoms with E-state index in [1.54, 1.807) is 6.07 Å². The number of hydrogen-bond donors (Lipinski definition) is 2. The number of hydrogen-bond acceptors (Lipinski definition) is 6. The average molecular weight is 366 g/mol. The lowest BCUT2D eigenvalue weighted by Crippen LogP contribution is -2.45. The molecule has 142 valence electrons. The van der Waals surface area contributed by atoms with Crippen molar-refractivity contribution in [2.75, 3.05) is 18.0 Å². The lowest BCUT2D eigenvalue weighted by Gasteiger charge is -2.26.